The van der Waals surface area contributed by atoms with Gasteiger partial charge in [0, 0.05) is 17.7 Å². The van der Waals surface area contributed by atoms with E-state index in [1.54, 1.807) is 18.2 Å². The highest BCUT2D eigenvalue weighted by Crippen LogP contribution is 2.42. The first-order valence-electron chi connectivity index (χ1n) is 11.0. The number of carbonyl (C=O) groups excluding carboxylic acids is 2. The smallest absolute Gasteiger partial charge is 0.335 e. The number of Topliss-reactive ketones (excluding diaryl/α,β-unsaturated/α-hetero) is 1. The number of benzene rings is 3. The van der Waals surface area contributed by atoms with Gasteiger partial charge in [-0.25, -0.2) is 9.78 Å². The number of fused-ring (bicyclic) bond motifs is 1. The first-order valence-corrected chi connectivity index (χ1v) is 11.0. The number of nitro benzene ring substituents is 1. The summed E-state index contributed by atoms with van der Waals surface area (Å²) in [6, 6.07) is 15.1. The number of hydrogen-bond acceptors (Lipinski definition) is 7. The number of carbonyl (C=O) groups is 3. The fourth-order valence-corrected chi connectivity index (χ4v) is 4.35. The van der Waals surface area contributed by atoms with Crippen LogP contribution in [0.5, 0.6) is 0 Å². The van der Waals surface area contributed by atoms with Crippen LogP contribution in [-0.4, -0.2) is 42.8 Å². The number of nitrogens with zero attached hydrogens (tertiary/aromatic N) is 3. The lowest BCUT2D eigenvalue weighted by Crippen LogP contribution is -2.30. The Morgan fingerprint density at radius 2 is 1.73 bits per heavy atom. The van der Waals surface area contributed by atoms with Gasteiger partial charge in [-0.05, 0) is 42.8 Å². The first kappa shape index (κ1) is 23.4. The standard InChI is InChI=1S/C26H18N4O7/c1-13-3-2-4-15(11-13)21-20(22(31)14-5-8-17(9-6-14)30(36)37)23(32)24(33)29(21)26-27-18-10-7-16(25(34)35)12-19(18)28-26/h2-12,21,31H,1H3,(H,27,28)(H,34,35)/b22-20+. The van der Waals surface area contributed by atoms with Gasteiger partial charge in [-0.1, -0.05) is 29.8 Å². The molecular weight excluding hydrogens is 480 g/mol. The van der Waals surface area contributed by atoms with E-state index in [2.05, 4.69) is 9.97 Å². The predicted molar refractivity (Wildman–Crippen MR) is 132 cm³/mol. The number of imidazole rings is 1. The number of H-pyrrole nitrogens is 1. The van der Waals surface area contributed by atoms with Crippen LogP contribution in [0, 0.1) is 17.0 Å². The molecule has 37 heavy (non-hydrogen) atoms. The van der Waals surface area contributed by atoms with Crippen molar-refractivity contribution in [2.45, 2.75) is 13.0 Å². The van der Waals surface area contributed by atoms with Crippen molar-refractivity contribution in [2.75, 3.05) is 4.90 Å². The van der Waals surface area contributed by atoms with Crippen molar-refractivity contribution in [1.82, 2.24) is 9.97 Å². The molecule has 1 amide bonds. The fourth-order valence-electron chi connectivity index (χ4n) is 4.35. The molecule has 11 nitrogen and oxygen atoms in total. The van der Waals surface area contributed by atoms with Gasteiger partial charge in [-0.15, -0.1) is 0 Å². The van der Waals surface area contributed by atoms with E-state index in [0.29, 0.717) is 16.6 Å². The number of ketones is 1. The van der Waals surface area contributed by atoms with E-state index in [9.17, 15) is 34.7 Å². The number of aliphatic hydroxyl groups excluding tert-OH is 1. The summed E-state index contributed by atoms with van der Waals surface area (Å²) in [4.78, 5) is 56.8. The van der Waals surface area contributed by atoms with Crippen LogP contribution in [0.1, 0.15) is 33.1 Å². The number of nitro groups is 1. The van der Waals surface area contributed by atoms with Crippen molar-refractivity contribution in [2.24, 2.45) is 0 Å². The van der Waals surface area contributed by atoms with Crippen LogP contribution < -0.4 is 4.90 Å². The zero-order chi connectivity index (χ0) is 26.4. The number of rotatable bonds is 5. The number of aromatic nitrogens is 2. The lowest BCUT2D eigenvalue weighted by molar-refractivity contribution is -0.384. The molecule has 1 fully saturated rings. The second-order valence-electron chi connectivity index (χ2n) is 8.48. The van der Waals surface area contributed by atoms with Crippen LogP contribution in [0.4, 0.5) is 11.6 Å². The molecule has 11 heteroatoms. The second kappa shape index (κ2) is 8.72. The maximum absolute atomic E-state index is 13.3. The molecule has 1 saturated heterocycles. The van der Waals surface area contributed by atoms with E-state index in [4.69, 9.17) is 0 Å². The zero-order valence-electron chi connectivity index (χ0n) is 19.2. The van der Waals surface area contributed by atoms with Crippen molar-refractivity contribution >= 4 is 46.1 Å². The Balaban J connectivity index is 1.70. The minimum Gasteiger partial charge on any atom is -0.507 e. The minimum atomic E-state index is -1.14. The van der Waals surface area contributed by atoms with E-state index >= 15 is 0 Å². The third-order valence-corrected chi connectivity index (χ3v) is 6.10. The molecule has 3 aromatic carbocycles. The van der Waals surface area contributed by atoms with Crippen LogP contribution in [0.2, 0.25) is 0 Å². The van der Waals surface area contributed by atoms with Gasteiger partial charge in [0.15, 0.2) is 0 Å². The van der Waals surface area contributed by atoms with Gasteiger partial charge in [0.25, 0.3) is 11.5 Å². The van der Waals surface area contributed by atoms with Crippen LogP contribution in [0.15, 0.2) is 72.3 Å². The van der Waals surface area contributed by atoms with Crippen LogP contribution in [0.3, 0.4) is 0 Å². The van der Waals surface area contributed by atoms with Crippen LogP contribution in [-0.2, 0) is 9.59 Å². The summed E-state index contributed by atoms with van der Waals surface area (Å²) in [7, 11) is 0. The van der Waals surface area contributed by atoms with Gasteiger partial charge in [-0.2, -0.15) is 0 Å². The number of amides is 1. The summed E-state index contributed by atoms with van der Waals surface area (Å²) in [5, 5.41) is 31.5. The number of nitrogens with one attached hydrogen (secondary N) is 1. The molecule has 3 N–H and O–H groups in total. The topological polar surface area (TPSA) is 167 Å². The molecule has 0 saturated carbocycles. The molecule has 1 atom stereocenters. The summed E-state index contributed by atoms with van der Waals surface area (Å²) in [6.07, 6.45) is 0. The molecule has 0 bridgehead atoms. The number of carboxylic acid groups (broad SMARTS) is 1. The fraction of sp³-hybridized carbons (Fsp3) is 0.0769. The number of aliphatic hydroxyl groups is 1. The highest BCUT2D eigenvalue weighted by atomic mass is 16.6. The van der Waals surface area contributed by atoms with Crippen molar-refractivity contribution < 1.29 is 29.5 Å². The molecule has 1 unspecified atom stereocenters. The highest BCUT2D eigenvalue weighted by Gasteiger charge is 2.48. The Morgan fingerprint density at radius 1 is 1.03 bits per heavy atom. The monoisotopic (exact) mass is 498 g/mol. The van der Waals surface area contributed by atoms with E-state index in [1.807, 2.05) is 13.0 Å². The lowest BCUT2D eigenvalue weighted by Gasteiger charge is -2.23. The largest absolute Gasteiger partial charge is 0.507 e. The number of carboxylic acids is 1. The summed E-state index contributed by atoms with van der Waals surface area (Å²) in [5.41, 5.74) is 1.81. The van der Waals surface area contributed by atoms with Gasteiger partial charge < -0.3 is 15.2 Å². The molecular formula is C26H18N4O7. The summed E-state index contributed by atoms with van der Waals surface area (Å²) in [6.45, 7) is 1.83. The Hall–Kier alpha value is -5.32. The SMILES string of the molecule is Cc1cccc(C2/C(=C(\O)c3ccc([N+](=O)[O-])cc3)C(=O)C(=O)N2c2nc3ccc(C(=O)O)cc3[nH]2)c1. The Morgan fingerprint density at radius 3 is 2.38 bits per heavy atom. The average molecular weight is 498 g/mol. The maximum Gasteiger partial charge on any atom is 0.335 e. The molecule has 1 aliphatic rings. The molecule has 0 radical (unpaired) electrons. The molecule has 184 valence electrons. The molecule has 1 aliphatic heterocycles. The molecule has 5 rings (SSSR count). The quantitative estimate of drug-likeness (QED) is 0.121. The van der Waals surface area contributed by atoms with E-state index < -0.39 is 34.4 Å². The molecule has 2 heterocycles. The zero-order valence-corrected chi connectivity index (χ0v) is 19.2. The van der Waals surface area contributed by atoms with Crippen molar-refractivity contribution in [1.29, 1.82) is 0 Å². The average Bonchev–Trinajstić information content (AvgIpc) is 3.41. The van der Waals surface area contributed by atoms with Crippen LogP contribution >= 0.6 is 0 Å². The predicted octanol–water partition coefficient (Wildman–Crippen LogP) is 4.10. The molecule has 0 aliphatic carbocycles. The molecule has 0 spiro atoms. The normalized spacial score (nSPS) is 16.9. The minimum absolute atomic E-state index is 0.00565. The van der Waals surface area contributed by atoms with E-state index in [0.717, 1.165) is 10.5 Å². The van der Waals surface area contributed by atoms with Gasteiger partial charge in [-0.3, -0.25) is 24.6 Å². The summed E-state index contributed by atoms with van der Waals surface area (Å²) >= 11 is 0. The third-order valence-electron chi connectivity index (χ3n) is 6.10. The number of aromatic carboxylic acids is 1. The Bertz CT molecular complexity index is 1650. The Labute approximate surface area is 208 Å². The van der Waals surface area contributed by atoms with Crippen molar-refractivity contribution in [3.8, 4) is 0 Å². The van der Waals surface area contributed by atoms with Gasteiger partial charge >= 0.3 is 11.9 Å². The lowest BCUT2D eigenvalue weighted by atomic mass is 9.94. The molecule has 4 aromatic rings. The van der Waals surface area contributed by atoms with Gasteiger partial charge in [0.05, 0.1) is 33.1 Å². The number of non-ortho nitro benzene ring substituents is 1. The van der Waals surface area contributed by atoms with E-state index in [1.165, 1.54) is 42.5 Å². The first-order chi connectivity index (χ1) is 17.7. The Kier molecular flexibility index (Phi) is 5.52. The van der Waals surface area contributed by atoms with Gasteiger partial charge in [0.1, 0.15) is 5.76 Å². The maximum atomic E-state index is 13.3. The number of aryl methyl sites for hydroxylation is 1. The van der Waals surface area contributed by atoms with Crippen molar-refractivity contribution in [3.63, 3.8) is 0 Å². The number of anilines is 1. The second-order valence-corrected chi connectivity index (χ2v) is 8.48. The summed E-state index contributed by atoms with van der Waals surface area (Å²) < 4.78 is 0. The van der Waals surface area contributed by atoms with Gasteiger partial charge in [0.2, 0.25) is 5.95 Å². The van der Waals surface area contributed by atoms with Crippen molar-refractivity contribution in [3.05, 3.63) is 105 Å². The molecule has 1 aromatic heterocycles. The third kappa shape index (κ3) is 3.97. The summed E-state index contributed by atoms with van der Waals surface area (Å²) in [5.74, 6) is -3.55. The van der Waals surface area contributed by atoms with Crippen LogP contribution in [0.25, 0.3) is 16.8 Å². The van der Waals surface area contributed by atoms with E-state index in [-0.39, 0.29) is 28.3 Å². The number of aromatic amines is 1. The number of hydrogen-bond donors (Lipinski definition) is 3. The highest BCUT2D eigenvalue weighted by molar-refractivity contribution is 6.51.